The van der Waals surface area contributed by atoms with Crippen LogP contribution in [0, 0.1) is 0 Å². The number of nitrogens with one attached hydrogen (secondary N) is 1. The van der Waals surface area contributed by atoms with Crippen LogP contribution in [0.15, 0.2) is 52.2 Å². The van der Waals surface area contributed by atoms with Gasteiger partial charge in [-0.15, -0.1) is 0 Å². The lowest BCUT2D eigenvalue weighted by Gasteiger charge is -2.37. The minimum absolute atomic E-state index is 0.163. The van der Waals surface area contributed by atoms with Crippen molar-refractivity contribution < 1.29 is 4.42 Å². The van der Waals surface area contributed by atoms with Crippen molar-refractivity contribution in [3.05, 3.63) is 48.6 Å². The zero-order valence-electron chi connectivity index (χ0n) is 15.8. The van der Waals surface area contributed by atoms with E-state index in [1.54, 1.807) is 6.26 Å². The molecule has 140 valence electrons. The molecular formula is C19H28N6O. The SMILES string of the molecule is CN=C(NCC(c1ccco1)N(C)C)N1CCN(c2ccccn2)CC1. The molecular weight excluding hydrogens is 328 g/mol. The first-order valence-electron chi connectivity index (χ1n) is 9.00. The Kier molecular flexibility index (Phi) is 6.12. The van der Waals surface area contributed by atoms with Crippen molar-refractivity contribution in [1.29, 1.82) is 0 Å². The first-order chi connectivity index (χ1) is 12.7. The molecule has 2 aromatic heterocycles. The summed E-state index contributed by atoms with van der Waals surface area (Å²) >= 11 is 0. The minimum atomic E-state index is 0.163. The number of piperazine rings is 1. The third-order valence-corrected chi connectivity index (χ3v) is 4.71. The Morgan fingerprint density at radius 1 is 1.23 bits per heavy atom. The highest BCUT2D eigenvalue weighted by atomic mass is 16.3. The summed E-state index contributed by atoms with van der Waals surface area (Å²) in [5.74, 6) is 2.93. The van der Waals surface area contributed by atoms with E-state index in [4.69, 9.17) is 4.42 Å². The Labute approximate surface area is 155 Å². The quantitative estimate of drug-likeness (QED) is 0.650. The first kappa shape index (κ1) is 18.3. The van der Waals surface area contributed by atoms with E-state index in [-0.39, 0.29) is 6.04 Å². The van der Waals surface area contributed by atoms with Crippen LogP contribution in [0.4, 0.5) is 5.82 Å². The van der Waals surface area contributed by atoms with Gasteiger partial charge in [0.05, 0.1) is 12.3 Å². The molecule has 3 rings (SSSR count). The molecule has 1 fully saturated rings. The van der Waals surface area contributed by atoms with Crippen molar-refractivity contribution >= 4 is 11.8 Å². The number of pyridine rings is 1. The summed E-state index contributed by atoms with van der Waals surface area (Å²) in [5, 5.41) is 3.50. The second-order valence-corrected chi connectivity index (χ2v) is 6.58. The van der Waals surface area contributed by atoms with Gasteiger partial charge in [0.15, 0.2) is 5.96 Å². The standard InChI is InChI=1S/C19H28N6O/c1-20-19(22-15-16(23(2)3)17-7-6-14-26-17)25-12-10-24(11-13-25)18-8-4-5-9-21-18/h4-9,14,16H,10-13,15H2,1-3H3,(H,20,22). The van der Waals surface area contributed by atoms with Gasteiger partial charge in [-0.25, -0.2) is 4.98 Å². The second kappa shape index (κ2) is 8.71. The highest BCUT2D eigenvalue weighted by Crippen LogP contribution is 2.18. The molecule has 0 radical (unpaired) electrons. The van der Waals surface area contributed by atoms with Gasteiger partial charge in [0.25, 0.3) is 0 Å². The average molecular weight is 356 g/mol. The number of guanidine groups is 1. The molecule has 1 unspecified atom stereocenters. The summed E-state index contributed by atoms with van der Waals surface area (Å²) in [6.07, 6.45) is 3.57. The fraction of sp³-hybridized carbons (Fsp3) is 0.474. The van der Waals surface area contributed by atoms with Gasteiger partial charge in [0.2, 0.25) is 0 Å². The summed E-state index contributed by atoms with van der Waals surface area (Å²) in [5.41, 5.74) is 0. The van der Waals surface area contributed by atoms with Gasteiger partial charge in [-0.05, 0) is 38.4 Å². The van der Waals surface area contributed by atoms with Crippen molar-refractivity contribution in [2.24, 2.45) is 4.99 Å². The smallest absolute Gasteiger partial charge is 0.193 e. The Balaban J connectivity index is 1.55. The van der Waals surface area contributed by atoms with E-state index in [0.29, 0.717) is 0 Å². The summed E-state index contributed by atoms with van der Waals surface area (Å²) in [6.45, 7) is 4.46. The highest BCUT2D eigenvalue weighted by molar-refractivity contribution is 5.80. The summed E-state index contributed by atoms with van der Waals surface area (Å²) in [6, 6.07) is 10.2. The lowest BCUT2D eigenvalue weighted by molar-refractivity contribution is 0.255. The Bertz CT molecular complexity index is 677. The molecule has 1 saturated heterocycles. The van der Waals surface area contributed by atoms with E-state index in [9.17, 15) is 0 Å². The van der Waals surface area contributed by atoms with Gasteiger partial charge in [0, 0.05) is 46.0 Å². The van der Waals surface area contributed by atoms with Gasteiger partial charge < -0.3 is 19.5 Å². The van der Waals surface area contributed by atoms with Crippen LogP contribution < -0.4 is 10.2 Å². The van der Waals surface area contributed by atoms with Crippen LogP contribution >= 0.6 is 0 Å². The van der Waals surface area contributed by atoms with Crippen molar-refractivity contribution in [2.75, 3.05) is 58.8 Å². The van der Waals surface area contributed by atoms with Crippen LogP contribution in [0.2, 0.25) is 0 Å². The number of hydrogen-bond donors (Lipinski definition) is 1. The highest BCUT2D eigenvalue weighted by Gasteiger charge is 2.22. The summed E-state index contributed by atoms with van der Waals surface area (Å²) in [7, 11) is 5.96. The molecule has 0 amide bonds. The van der Waals surface area contributed by atoms with Crippen molar-refractivity contribution in [1.82, 2.24) is 20.1 Å². The van der Waals surface area contributed by atoms with Crippen LogP contribution in [0.25, 0.3) is 0 Å². The van der Waals surface area contributed by atoms with Crippen LogP contribution in [0.1, 0.15) is 11.8 Å². The molecule has 0 aliphatic carbocycles. The molecule has 0 saturated carbocycles. The Morgan fingerprint density at radius 2 is 2.04 bits per heavy atom. The van der Waals surface area contributed by atoms with Gasteiger partial charge in [-0.1, -0.05) is 6.07 Å². The van der Waals surface area contributed by atoms with Crippen molar-refractivity contribution in [3.8, 4) is 0 Å². The molecule has 3 heterocycles. The summed E-state index contributed by atoms with van der Waals surface area (Å²) in [4.78, 5) is 15.7. The van der Waals surface area contributed by atoms with E-state index < -0.39 is 0 Å². The van der Waals surface area contributed by atoms with Gasteiger partial charge >= 0.3 is 0 Å². The minimum Gasteiger partial charge on any atom is -0.468 e. The first-order valence-corrected chi connectivity index (χ1v) is 9.00. The average Bonchev–Trinajstić information content (AvgIpc) is 3.20. The molecule has 7 heteroatoms. The van der Waals surface area contributed by atoms with E-state index >= 15 is 0 Å². The Morgan fingerprint density at radius 3 is 2.62 bits per heavy atom. The maximum absolute atomic E-state index is 5.58. The van der Waals surface area contributed by atoms with Crippen LogP contribution in [-0.4, -0.2) is 74.6 Å². The predicted octanol–water partition coefficient (Wildman–Crippen LogP) is 1.67. The molecule has 0 aromatic carbocycles. The number of hydrogen-bond acceptors (Lipinski definition) is 5. The lowest BCUT2D eigenvalue weighted by atomic mass is 10.2. The predicted molar refractivity (Wildman–Crippen MR) is 105 cm³/mol. The van der Waals surface area contributed by atoms with Crippen LogP contribution in [0.3, 0.4) is 0 Å². The maximum atomic E-state index is 5.58. The maximum Gasteiger partial charge on any atom is 0.193 e. The third kappa shape index (κ3) is 4.35. The number of likely N-dealkylation sites (N-methyl/N-ethyl adjacent to an activating group) is 1. The molecule has 26 heavy (non-hydrogen) atoms. The monoisotopic (exact) mass is 356 g/mol. The van der Waals surface area contributed by atoms with E-state index in [1.165, 1.54) is 0 Å². The van der Waals surface area contributed by atoms with E-state index in [2.05, 4.69) is 50.2 Å². The number of rotatable bonds is 5. The molecule has 1 aliphatic heterocycles. The van der Waals surface area contributed by atoms with Crippen LogP contribution in [-0.2, 0) is 0 Å². The van der Waals surface area contributed by atoms with Gasteiger partial charge in [0.1, 0.15) is 11.6 Å². The molecule has 2 aromatic rings. The number of aromatic nitrogens is 1. The largest absolute Gasteiger partial charge is 0.468 e. The lowest BCUT2D eigenvalue weighted by Crippen LogP contribution is -2.53. The molecule has 1 N–H and O–H groups in total. The number of anilines is 1. The van der Waals surface area contributed by atoms with E-state index in [0.717, 1.165) is 50.3 Å². The van der Waals surface area contributed by atoms with Crippen molar-refractivity contribution in [3.63, 3.8) is 0 Å². The summed E-state index contributed by atoms with van der Waals surface area (Å²) < 4.78 is 5.58. The van der Waals surface area contributed by atoms with E-state index in [1.807, 2.05) is 37.5 Å². The number of furan rings is 1. The molecule has 1 atom stereocenters. The zero-order valence-corrected chi connectivity index (χ0v) is 15.8. The molecule has 1 aliphatic rings. The fourth-order valence-corrected chi connectivity index (χ4v) is 3.23. The third-order valence-electron chi connectivity index (χ3n) is 4.71. The molecule has 0 spiro atoms. The van der Waals surface area contributed by atoms with Gasteiger partial charge in [-0.2, -0.15) is 0 Å². The van der Waals surface area contributed by atoms with Gasteiger partial charge in [-0.3, -0.25) is 9.89 Å². The van der Waals surface area contributed by atoms with Crippen molar-refractivity contribution in [2.45, 2.75) is 6.04 Å². The van der Waals surface area contributed by atoms with Crippen LogP contribution in [0.5, 0.6) is 0 Å². The molecule has 7 nitrogen and oxygen atoms in total. The number of nitrogens with zero attached hydrogens (tertiary/aromatic N) is 5. The molecule has 0 bridgehead atoms. The number of aliphatic imine (C=N–C) groups is 1. The fourth-order valence-electron chi connectivity index (χ4n) is 3.23. The topological polar surface area (TPSA) is 60.1 Å². The Hall–Kier alpha value is -2.54. The second-order valence-electron chi connectivity index (χ2n) is 6.58. The normalized spacial score (nSPS) is 16.8. The zero-order chi connectivity index (χ0) is 18.4.